The van der Waals surface area contributed by atoms with Crippen LogP contribution in [0.5, 0.6) is 0 Å². The van der Waals surface area contributed by atoms with Gasteiger partial charge in [-0.3, -0.25) is 4.99 Å². The molecule has 3 fully saturated rings. The highest BCUT2D eigenvalue weighted by molar-refractivity contribution is 5.80. The highest BCUT2D eigenvalue weighted by Gasteiger charge is 2.59. The Bertz CT molecular complexity index is 500. The van der Waals surface area contributed by atoms with Crippen molar-refractivity contribution in [1.82, 2.24) is 15.5 Å². The second-order valence-electron chi connectivity index (χ2n) is 7.64. The number of hydrogen-bond donors (Lipinski definition) is 2. The van der Waals surface area contributed by atoms with Gasteiger partial charge in [0.2, 0.25) is 0 Å². The van der Waals surface area contributed by atoms with Gasteiger partial charge in [-0.05, 0) is 19.3 Å². The minimum atomic E-state index is -0.237. The van der Waals surface area contributed by atoms with Gasteiger partial charge in [0.05, 0.1) is 13.2 Å². The first-order chi connectivity index (χ1) is 11.5. The lowest BCUT2D eigenvalue weighted by atomic mass is 9.57. The summed E-state index contributed by atoms with van der Waals surface area (Å²) in [5.41, 5.74) is 0.132. The zero-order valence-electron chi connectivity index (χ0n) is 15.2. The third-order valence-electron chi connectivity index (χ3n) is 5.88. The topological polar surface area (TPSA) is 75.2 Å². The zero-order valence-corrected chi connectivity index (χ0v) is 15.2. The number of fused-ring (bicyclic) bond motifs is 1. The second-order valence-corrected chi connectivity index (χ2v) is 7.64. The smallest absolute Gasteiger partial charge is 0.409 e. The SMILES string of the molecule is CN=C(NC1CCN(C(=O)OC)CC1)NC1C2CCOC2C1(C)C. The van der Waals surface area contributed by atoms with Crippen LogP contribution in [-0.2, 0) is 9.47 Å². The number of aliphatic imine (C=N–C) groups is 1. The van der Waals surface area contributed by atoms with E-state index in [9.17, 15) is 4.79 Å². The fourth-order valence-corrected chi connectivity index (χ4v) is 4.46. The van der Waals surface area contributed by atoms with Crippen LogP contribution < -0.4 is 10.6 Å². The van der Waals surface area contributed by atoms with Gasteiger partial charge >= 0.3 is 6.09 Å². The average molecular weight is 338 g/mol. The standard InChI is InChI=1S/C17H30N4O3/c1-17(2)13(12-7-10-24-14(12)17)20-15(18-3)19-11-5-8-21(9-6-11)16(22)23-4/h11-14H,5-10H2,1-4H3,(H2,18,19,20). The lowest BCUT2D eigenvalue weighted by molar-refractivity contribution is -0.106. The first kappa shape index (κ1) is 17.3. The number of nitrogens with one attached hydrogen (secondary N) is 2. The molecule has 0 radical (unpaired) electrons. The summed E-state index contributed by atoms with van der Waals surface area (Å²) in [6.45, 7) is 6.83. The highest BCUT2D eigenvalue weighted by Crippen LogP contribution is 2.52. The Labute approximate surface area is 144 Å². The van der Waals surface area contributed by atoms with Crippen LogP contribution in [0.2, 0.25) is 0 Å². The van der Waals surface area contributed by atoms with E-state index >= 15 is 0 Å². The quantitative estimate of drug-likeness (QED) is 0.584. The zero-order chi connectivity index (χ0) is 17.3. The van der Waals surface area contributed by atoms with Gasteiger partial charge in [-0.1, -0.05) is 13.8 Å². The summed E-state index contributed by atoms with van der Waals surface area (Å²) in [6.07, 6.45) is 3.06. The maximum absolute atomic E-state index is 11.6. The fraction of sp³-hybridized carbons (Fsp3) is 0.882. The van der Waals surface area contributed by atoms with Crippen LogP contribution in [0.1, 0.15) is 33.1 Å². The third-order valence-corrected chi connectivity index (χ3v) is 5.88. The maximum atomic E-state index is 11.6. The Hall–Kier alpha value is -1.50. The van der Waals surface area contributed by atoms with Crippen LogP contribution in [0.25, 0.3) is 0 Å². The highest BCUT2D eigenvalue weighted by atomic mass is 16.5. The molecule has 7 nitrogen and oxygen atoms in total. The molecule has 24 heavy (non-hydrogen) atoms. The Morgan fingerprint density at radius 1 is 1.25 bits per heavy atom. The molecule has 2 saturated heterocycles. The van der Waals surface area contributed by atoms with Gasteiger partial charge in [-0.15, -0.1) is 0 Å². The molecule has 0 spiro atoms. The normalized spacial score (nSPS) is 32.8. The van der Waals surface area contributed by atoms with Crippen molar-refractivity contribution in [3.63, 3.8) is 0 Å². The van der Waals surface area contributed by atoms with Crippen LogP contribution in [-0.4, -0.2) is 69.0 Å². The van der Waals surface area contributed by atoms with E-state index in [4.69, 9.17) is 9.47 Å². The molecule has 2 heterocycles. The second kappa shape index (κ2) is 6.78. The summed E-state index contributed by atoms with van der Waals surface area (Å²) < 4.78 is 10.6. The molecule has 1 saturated carbocycles. The van der Waals surface area contributed by atoms with Crippen LogP contribution in [0.15, 0.2) is 4.99 Å². The first-order valence-electron chi connectivity index (χ1n) is 8.91. The van der Waals surface area contributed by atoms with Crippen molar-refractivity contribution < 1.29 is 14.3 Å². The van der Waals surface area contributed by atoms with Crippen LogP contribution >= 0.6 is 0 Å². The van der Waals surface area contributed by atoms with Crippen molar-refractivity contribution in [2.75, 3.05) is 33.9 Å². The maximum Gasteiger partial charge on any atom is 0.409 e. The van der Waals surface area contributed by atoms with Gasteiger partial charge in [0.15, 0.2) is 5.96 Å². The van der Waals surface area contributed by atoms with Crippen LogP contribution in [0, 0.1) is 11.3 Å². The third kappa shape index (κ3) is 3.06. The molecule has 1 aliphatic carbocycles. The minimum absolute atomic E-state index is 0.132. The molecule has 136 valence electrons. The largest absolute Gasteiger partial charge is 0.453 e. The summed E-state index contributed by atoms with van der Waals surface area (Å²) in [5, 5.41) is 7.13. The van der Waals surface area contributed by atoms with Crippen molar-refractivity contribution in [3.8, 4) is 0 Å². The number of methoxy groups -OCH3 is 1. The summed E-state index contributed by atoms with van der Waals surface area (Å²) in [5.74, 6) is 1.44. The molecule has 0 aromatic heterocycles. The Balaban J connectivity index is 1.51. The number of amides is 1. The monoisotopic (exact) mass is 338 g/mol. The summed E-state index contributed by atoms with van der Waals surface area (Å²) >= 11 is 0. The molecule has 3 aliphatic rings. The number of hydrogen-bond acceptors (Lipinski definition) is 4. The molecule has 0 aromatic rings. The van der Waals surface area contributed by atoms with Crippen molar-refractivity contribution in [2.24, 2.45) is 16.3 Å². The lowest BCUT2D eigenvalue weighted by Gasteiger charge is -2.55. The van der Waals surface area contributed by atoms with E-state index in [0.29, 0.717) is 24.1 Å². The van der Waals surface area contributed by atoms with E-state index in [0.717, 1.165) is 44.9 Å². The molecule has 0 bridgehead atoms. The Kier molecular flexibility index (Phi) is 4.90. The molecule has 2 aliphatic heterocycles. The van der Waals surface area contributed by atoms with Gasteiger partial charge in [-0.2, -0.15) is 0 Å². The van der Waals surface area contributed by atoms with Crippen molar-refractivity contribution in [2.45, 2.75) is 51.3 Å². The molecule has 0 aromatic carbocycles. The van der Waals surface area contributed by atoms with E-state index in [1.165, 1.54) is 7.11 Å². The van der Waals surface area contributed by atoms with E-state index in [1.54, 1.807) is 4.90 Å². The molecule has 3 rings (SSSR count). The van der Waals surface area contributed by atoms with Gasteiger partial charge in [-0.25, -0.2) is 4.79 Å². The summed E-state index contributed by atoms with van der Waals surface area (Å²) in [7, 11) is 3.24. The van der Waals surface area contributed by atoms with Crippen molar-refractivity contribution >= 4 is 12.1 Å². The van der Waals surface area contributed by atoms with Gasteiger partial charge in [0, 0.05) is 50.2 Å². The number of ether oxygens (including phenoxy) is 2. The number of rotatable bonds is 2. The van der Waals surface area contributed by atoms with E-state index < -0.39 is 0 Å². The average Bonchev–Trinajstić information content (AvgIpc) is 3.05. The number of carbonyl (C=O) groups is 1. The van der Waals surface area contributed by atoms with Crippen molar-refractivity contribution in [3.05, 3.63) is 0 Å². The Morgan fingerprint density at radius 2 is 1.96 bits per heavy atom. The predicted octanol–water partition coefficient (Wildman–Crippen LogP) is 1.20. The predicted molar refractivity (Wildman–Crippen MR) is 92.0 cm³/mol. The number of piperidine rings is 1. The molecule has 3 atom stereocenters. The van der Waals surface area contributed by atoms with Crippen LogP contribution in [0.4, 0.5) is 4.79 Å². The van der Waals surface area contributed by atoms with Crippen molar-refractivity contribution in [1.29, 1.82) is 0 Å². The number of likely N-dealkylation sites (tertiary alicyclic amines) is 1. The lowest BCUT2D eigenvalue weighted by Crippen LogP contribution is -2.68. The van der Waals surface area contributed by atoms with E-state index in [2.05, 4.69) is 29.5 Å². The summed E-state index contributed by atoms with van der Waals surface area (Å²) in [6, 6.07) is 0.724. The minimum Gasteiger partial charge on any atom is -0.453 e. The van der Waals surface area contributed by atoms with Gasteiger partial charge in [0.25, 0.3) is 0 Å². The number of carbonyl (C=O) groups excluding carboxylic acids is 1. The van der Waals surface area contributed by atoms with E-state index in [-0.39, 0.29) is 11.5 Å². The van der Waals surface area contributed by atoms with E-state index in [1.807, 2.05) is 7.05 Å². The molecular weight excluding hydrogens is 308 g/mol. The first-order valence-corrected chi connectivity index (χ1v) is 8.91. The molecule has 7 heteroatoms. The van der Waals surface area contributed by atoms with Gasteiger partial charge in [0.1, 0.15) is 0 Å². The molecule has 3 unspecified atom stereocenters. The number of nitrogens with zero attached hydrogens (tertiary/aromatic N) is 2. The molecule has 1 amide bonds. The summed E-state index contributed by atoms with van der Waals surface area (Å²) in [4.78, 5) is 17.7. The fourth-order valence-electron chi connectivity index (χ4n) is 4.46. The molecular formula is C17H30N4O3. The van der Waals surface area contributed by atoms with Crippen LogP contribution in [0.3, 0.4) is 0 Å². The van der Waals surface area contributed by atoms with Gasteiger partial charge < -0.3 is 25.0 Å². The molecule has 2 N–H and O–H groups in total. The Morgan fingerprint density at radius 3 is 2.58 bits per heavy atom. The number of guanidine groups is 1.